The number of carbonyl (C=O) groups is 1. The van der Waals surface area contributed by atoms with Gasteiger partial charge in [-0.25, -0.2) is 4.79 Å². The predicted molar refractivity (Wildman–Crippen MR) is 86.7 cm³/mol. The maximum atomic E-state index is 11.5. The molecule has 0 aliphatic rings. The maximum Gasteiger partial charge on any atom is 0.412 e. The van der Waals surface area contributed by atoms with E-state index in [4.69, 9.17) is 9.15 Å². The molecule has 116 valence electrons. The van der Waals surface area contributed by atoms with E-state index in [1.165, 1.54) is 6.39 Å². The van der Waals surface area contributed by atoms with Crippen LogP contribution in [0.15, 0.2) is 53.5 Å². The van der Waals surface area contributed by atoms with E-state index in [2.05, 4.69) is 29.7 Å². The van der Waals surface area contributed by atoms with Crippen molar-refractivity contribution < 1.29 is 13.9 Å². The van der Waals surface area contributed by atoms with Crippen molar-refractivity contribution in [3.63, 3.8) is 0 Å². The number of pyridine rings is 1. The zero-order valence-electron chi connectivity index (χ0n) is 12.0. The van der Waals surface area contributed by atoms with Gasteiger partial charge in [-0.2, -0.15) is 0 Å². The first-order valence-electron chi connectivity index (χ1n) is 6.74. The summed E-state index contributed by atoms with van der Waals surface area (Å²) in [6, 6.07) is 9.05. The number of ether oxygens (including phenoxy) is 1. The molecule has 1 amide bonds. The summed E-state index contributed by atoms with van der Waals surface area (Å²) in [6.45, 7) is 0. The lowest BCUT2D eigenvalue weighted by molar-refractivity contribution is 0.202. The van der Waals surface area contributed by atoms with Crippen LogP contribution < -0.4 is 10.1 Å². The summed E-state index contributed by atoms with van der Waals surface area (Å²) in [5.74, 6) is 0.841. The Labute approximate surface area is 134 Å². The average molecular weight is 328 g/mol. The van der Waals surface area contributed by atoms with Gasteiger partial charge in [-0.3, -0.25) is 4.98 Å². The van der Waals surface area contributed by atoms with Crippen molar-refractivity contribution in [2.24, 2.45) is 0 Å². The Morgan fingerprint density at radius 3 is 2.87 bits per heavy atom. The van der Waals surface area contributed by atoms with Gasteiger partial charge in [0, 0.05) is 24.2 Å². The molecule has 0 aliphatic heterocycles. The molecular weight excluding hydrogens is 315 g/mol. The molecule has 0 aliphatic carbocycles. The number of nitrogens with one attached hydrogen (secondary N) is 1. The van der Waals surface area contributed by atoms with Crippen molar-refractivity contribution >= 4 is 15.3 Å². The van der Waals surface area contributed by atoms with Gasteiger partial charge in [0.2, 0.25) is 12.3 Å². The second-order valence-electron chi connectivity index (χ2n) is 4.50. The van der Waals surface area contributed by atoms with E-state index in [1.807, 2.05) is 12.1 Å². The van der Waals surface area contributed by atoms with Gasteiger partial charge in [-0.15, -0.1) is 19.4 Å². The third-order valence-corrected chi connectivity index (χ3v) is 3.17. The number of hydrogen-bond acceptors (Lipinski definition) is 6. The number of hydrogen-bond donors (Lipinski definition) is 1. The Kier molecular flexibility index (Phi) is 4.59. The molecule has 7 nitrogen and oxygen atoms in total. The van der Waals surface area contributed by atoms with Crippen molar-refractivity contribution in [2.75, 3.05) is 6.29 Å². The van der Waals surface area contributed by atoms with Crippen molar-refractivity contribution in [1.82, 2.24) is 20.5 Å². The van der Waals surface area contributed by atoms with Gasteiger partial charge in [-0.1, -0.05) is 12.1 Å². The van der Waals surface area contributed by atoms with Crippen LogP contribution in [-0.2, 0) is 0 Å². The van der Waals surface area contributed by atoms with Crippen LogP contribution in [0.4, 0.5) is 4.79 Å². The zero-order chi connectivity index (χ0) is 16.1. The molecule has 1 N–H and O–H groups in total. The van der Waals surface area contributed by atoms with E-state index in [0.29, 0.717) is 23.5 Å². The summed E-state index contributed by atoms with van der Waals surface area (Å²) < 4.78 is 10.4. The number of benzene rings is 1. The number of nitrogens with zero attached hydrogens (tertiary/aromatic N) is 3. The average Bonchev–Trinajstić information content (AvgIpc) is 3.10. The molecule has 0 bridgehead atoms. The number of rotatable bonds is 4. The molecule has 1 atom stereocenters. The van der Waals surface area contributed by atoms with Crippen LogP contribution in [0.5, 0.6) is 5.75 Å². The monoisotopic (exact) mass is 328 g/mol. The first kappa shape index (κ1) is 15.1. The predicted octanol–water partition coefficient (Wildman–Crippen LogP) is 2.72. The topological polar surface area (TPSA) is 90.1 Å². The van der Waals surface area contributed by atoms with Crippen molar-refractivity contribution in [2.45, 2.75) is 0 Å². The summed E-state index contributed by atoms with van der Waals surface area (Å²) in [5.41, 5.74) is 2.42. The van der Waals surface area contributed by atoms with Crippen LogP contribution in [-0.4, -0.2) is 27.6 Å². The Balaban J connectivity index is 1.87. The Bertz CT molecular complexity index is 808. The molecule has 0 saturated carbocycles. The molecule has 3 aromatic rings. The van der Waals surface area contributed by atoms with E-state index in [0.717, 1.165) is 11.1 Å². The summed E-state index contributed by atoms with van der Waals surface area (Å²) >= 11 is 0. The fourth-order valence-electron chi connectivity index (χ4n) is 1.98. The number of aromatic nitrogens is 3. The van der Waals surface area contributed by atoms with Gasteiger partial charge in [0.15, 0.2) is 0 Å². The molecule has 0 spiro atoms. The van der Waals surface area contributed by atoms with E-state index >= 15 is 0 Å². The van der Waals surface area contributed by atoms with E-state index in [-0.39, 0.29) is 0 Å². The van der Waals surface area contributed by atoms with Gasteiger partial charge >= 0.3 is 6.09 Å². The van der Waals surface area contributed by atoms with Gasteiger partial charge < -0.3 is 14.5 Å². The van der Waals surface area contributed by atoms with E-state index < -0.39 is 6.09 Å². The zero-order valence-corrected chi connectivity index (χ0v) is 13.1. The molecule has 23 heavy (non-hydrogen) atoms. The number of amides is 1. The van der Waals surface area contributed by atoms with Crippen LogP contribution >= 0.6 is 9.24 Å². The third kappa shape index (κ3) is 3.70. The van der Waals surface area contributed by atoms with Gasteiger partial charge in [0.25, 0.3) is 0 Å². The summed E-state index contributed by atoms with van der Waals surface area (Å²) in [6.07, 6.45) is 4.54. The molecule has 2 heterocycles. The Hall–Kier alpha value is -2.79. The molecule has 2 aromatic heterocycles. The SMILES string of the molecule is O=C(NCP)Oc1cccc(-c2cncc(-c3nnco3)c2)c1. The highest BCUT2D eigenvalue weighted by Gasteiger charge is 2.08. The lowest BCUT2D eigenvalue weighted by atomic mass is 10.1. The highest BCUT2D eigenvalue weighted by molar-refractivity contribution is 7.16. The molecular formula is C15H13N4O3P. The van der Waals surface area contributed by atoms with Crippen LogP contribution in [0.25, 0.3) is 22.6 Å². The van der Waals surface area contributed by atoms with Gasteiger partial charge in [0.05, 0.1) is 5.56 Å². The smallest absolute Gasteiger partial charge is 0.412 e. The Morgan fingerprint density at radius 2 is 2.09 bits per heavy atom. The minimum atomic E-state index is -0.505. The lowest BCUT2D eigenvalue weighted by Crippen LogP contribution is -2.25. The van der Waals surface area contributed by atoms with Crippen molar-refractivity contribution in [3.05, 3.63) is 49.1 Å². The van der Waals surface area contributed by atoms with E-state index in [1.54, 1.807) is 30.6 Å². The van der Waals surface area contributed by atoms with Crippen molar-refractivity contribution in [1.29, 1.82) is 0 Å². The summed E-state index contributed by atoms with van der Waals surface area (Å²) in [7, 11) is 2.39. The maximum absolute atomic E-state index is 11.5. The van der Waals surface area contributed by atoms with Crippen LogP contribution in [0.2, 0.25) is 0 Å². The quantitative estimate of drug-likeness (QED) is 0.741. The highest BCUT2D eigenvalue weighted by atomic mass is 31.0. The van der Waals surface area contributed by atoms with Crippen molar-refractivity contribution in [3.8, 4) is 28.3 Å². The van der Waals surface area contributed by atoms with Gasteiger partial charge in [-0.05, 0) is 23.8 Å². The standard InChI is InChI=1S/C15H13N4O3P/c20-15(17-9-23)22-13-3-1-2-10(5-13)11-4-12(7-16-6-11)14-19-18-8-21-14/h1-8H,9,23H2,(H,17,20). The molecule has 3 rings (SSSR count). The van der Waals surface area contributed by atoms with Crippen LogP contribution in [0, 0.1) is 0 Å². The molecule has 8 heteroatoms. The Morgan fingerprint density at radius 1 is 1.22 bits per heavy atom. The summed E-state index contributed by atoms with van der Waals surface area (Å²) in [5, 5.41) is 10.1. The minimum Gasteiger partial charge on any atom is -0.423 e. The molecule has 0 radical (unpaired) electrons. The second kappa shape index (κ2) is 6.98. The fraction of sp³-hybridized carbons (Fsp3) is 0.0667. The van der Waals surface area contributed by atoms with Gasteiger partial charge in [0.1, 0.15) is 5.75 Å². The van der Waals surface area contributed by atoms with Crippen LogP contribution in [0.3, 0.4) is 0 Å². The first-order valence-corrected chi connectivity index (χ1v) is 7.55. The second-order valence-corrected chi connectivity index (χ2v) is 4.91. The molecule has 0 fully saturated rings. The van der Waals surface area contributed by atoms with E-state index in [9.17, 15) is 4.79 Å². The molecule has 1 aromatic carbocycles. The summed E-state index contributed by atoms with van der Waals surface area (Å²) in [4.78, 5) is 15.7. The third-order valence-electron chi connectivity index (χ3n) is 2.97. The molecule has 0 saturated heterocycles. The molecule has 1 unspecified atom stereocenters. The highest BCUT2D eigenvalue weighted by Crippen LogP contribution is 2.26. The first-order chi connectivity index (χ1) is 11.3. The largest absolute Gasteiger partial charge is 0.423 e. The normalized spacial score (nSPS) is 10.3. The lowest BCUT2D eigenvalue weighted by Gasteiger charge is -2.07. The number of carbonyl (C=O) groups excluding carboxylic acids is 1. The minimum absolute atomic E-state index is 0.395. The van der Waals surface area contributed by atoms with Crippen LogP contribution in [0.1, 0.15) is 0 Å². The fourth-order valence-corrected chi connectivity index (χ4v) is 2.15.